The second kappa shape index (κ2) is 7.21. The average molecular weight is 276 g/mol. The van der Waals surface area contributed by atoms with Crippen molar-refractivity contribution in [1.29, 1.82) is 0 Å². The highest BCUT2D eigenvalue weighted by atomic mass is 16.3. The molecule has 3 heteroatoms. The minimum atomic E-state index is -0.413. The third kappa shape index (κ3) is 4.05. The highest BCUT2D eigenvalue weighted by Crippen LogP contribution is 2.27. The van der Waals surface area contributed by atoms with Crippen LogP contribution in [0.2, 0.25) is 0 Å². The zero-order valence-corrected chi connectivity index (χ0v) is 12.8. The number of hydrogen-bond acceptors (Lipinski definition) is 3. The van der Waals surface area contributed by atoms with Crippen molar-refractivity contribution >= 4 is 0 Å². The Kier molecular flexibility index (Phi) is 5.58. The van der Waals surface area contributed by atoms with Crippen LogP contribution in [0.5, 0.6) is 0 Å². The fourth-order valence-corrected chi connectivity index (χ4v) is 3.21. The number of nitrogens with two attached hydrogens (primary N) is 1. The first kappa shape index (κ1) is 15.5. The van der Waals surface area contributed by atoms with Crippen LogP contribution in [0.1, 0.15) is 49.8 Å². The van der Waals surface area contributed by atoms with E-state index in [0.29, 0.717) is 19.1 Å². The molecule has 0 heterocycles. The lowest BCUT2D eigenvalue weighted by atomic mass is 9.86. The standard InChI is InChI=1S/C17H28N2O/c1-13-4-3-5-16(10-13)19(2)12-17(20)15-8-6-14(11-18)7-9-15/h6-9,13,16-17,20H,3-5,10-12,18H2,1-2H3. The monoisotopic (exact) mass is 276 g/mol. The molecule has 0 aliphatic heterocycles. The van der Waals surface area contributed by atoms with Gasteiger partial charge in [-0.25, -0.2) is 0 Å². The molecule has 1 aromatic rings. The molecule has 3 atom stereocenters. The first-order valence-corrected chi connectivity index (χ1v) is 7.77. The minimum absolute atomic E-state index is 0.413. The fourth-order valence-electron chi connectivity index (χ4n) is 3.21. The van der Waals surface area contributed by atoms with E-state index in [-0.39, 0.29) is 0 Å². The first-order chi connectivity index (χ1) is 9.60. The number of likely N-dealkylation sites (N-methyl/N-ethyl adjacent to an activating group) is 1. The van der Waals surface area contributed by atoms with E-state index in [4.69, 9.17) is 5.73 Å². The van der Waals surface area contributed by atoms with Crippen LogP contribution in [0.3, 0.4) is 0 Å². The van der Waals surface area contributed by atoms with E-state index in [1.54, 1.807) is 0 Å². The molecule has 0 aromatic heterocycles. The van der Waals surface area contributed by atoms with E-state index in [0.717, 1.165) is 17.0 Å². The summed E-state index contributed by atoms with van der Waals surface area (Å²) in [7, 11) is 2.14. The van der Waals surface area contributed by atoms with Crippen LogP contribution in [0, 0.1) is 5.92 Å². The Bertz CT molecular complexity index is 404. The van der Waals surface area contributed by atoms with Gasteiger partial charge in [0, 0.05) is 19.1 Å². The van der Waals surface area contributed by atoms with E-state index in [1.165, 1.54) is 25.7 Å². The SMILES string of the molecule is CC1CCCC(N(C)CC(O)c2ccc(CN)cc2)C1. The summed E-state index contributed by atoms with van der Waals surface area (Å²) in [6.07, 6.45) is 4.78. The molecular formula is C17H28N2O. The minimum Gasteiger partial charge on any atom is -0.387 e. The lowest BCUT2D eigenvalue weighted by molar-refractivity contribution is 0.0831. The van der Waals surface area contributed by atoms with E-state index < -0.39 is 6.10 Å². The van der Waals surface area contributed by atoms with E-state index in [2.05, 4.69) is 18.9 Å². The molecule has 0 saturated heterocycles. The van der Waals surface area contributed by atoms with Gasteiger partial charge in [0.2, 0.25) is 0 Å². The molecule has 0 radical (unpaired) electrons. The molecular weight excluding hydrogens is 248 g/mol. The van der Waals surface area contributed by atoms with Crippen LogP contribution in [0.15, 0.2) is 24.3 Å². The van der Waals surface area contributed by atoms with Crippen molar-refractivity contribution in [2.45, 2.75) is 51.3 Å². The molecule has 112 valence electrons. The molecule has 1 fully saturated rings. The van der Waals surface area contributed by atoms with Gasteiger partial charge in [0.15, 0.2) is 0 Å². The van der Waals surface area contributed by atoms with Crippen molar-refractivity contribution in [2.24, 2.45) is 11.7 Å². The number of nitrogens with zero attached hydrogens (tertiary/aromatic N) is 1. The maximum absolute atomic E-state index is 10.4. The van der Waals surface area contributed by atoms with Crippen LogP contribution in [-0.2, 0) is 6.54 Å². The average Bonchev–Trinajstić information content (AvgIpc) is 2.47. The zero-order chi connectivity index (χ0) is 14.5. The van der Waals surface area contributed by atoms with Crippen molar-refractivity contribution in [3.8, 4) is 0 Å². The Hall–Kier alpha value is -0.900. The summed E-state index contributed by atoms with van der Waals surface area (Å²) in [6, 6.07) is 8.60. The molecule has 3 N–H and O–H groups in total. The molecule has 2 rings (SSSR count). The topological polar surface area (TPSA) is 49.5 Å². The van der Waals surface area contributed by atoms with Crippen molar-refractivity contribution in [3.05, 3.63) is 35.4 Å². The van der Waals surface area contributed by atoms with Crippen LogP contribution >= 0.6 is 0 Å². The van der Waals surface area contributed by atoms with Gasteiger partial charge in [-0.1, -0.05) is 44.0 Å². The van der Waals surface area contributed by atoms with Crippen molar-refractivity contribution in [1.82, 2.24) is 4.90 Å². The highest BCUT2D eigenvalue weighted by Gasteiger charge is 2.23. The second-order valence-corrected chi connectivity index (χ2v) is 6.33. The third-order valence-corrected chi connectivity index (χ3v) is 4.59. The van der Waals surface area contributed by atoms with Gasteiger partial charge >= 0.3 is 0 Å². The van der Waals surface area contributed by atoms with E-state index >= 15 is 0 Å². The third-order valence-electron chi connectivity index (χ3n) is 4.59. The van der Waals surface area contributed by atoms with Gasteiger partial charge in [0.1, 0.15) is 0 Å². The van der Waals surface area contributed by atoms with Crippen LogP contribution in [0.25, 0.3) is 0 Å². The van der Waals surface area contributed by atoms with Crippen molar-refractivity contribution < 1.29 is 5.11 Å². The Morgan fingerprint density at radius 1 is 1.30 bits per heavy atom. The maximum Gasteiger partial charge on any atom is 0.0916 e. The van der Waals surface area contributed by atoms with Gasteiger partial charge in [-0.3, -0.25) is 0 Å². The lowest BCUT2D eigenvalue weighted by Crippen LogP contribution is -2.38. The molecule has 0 spiro atoms. The van der Waals surface area contributed by atoms with Gasteiger partial charge in [0.05, 0.1) is 6.10 Å². The van der Waals surface area contributed by atoms with Crippen LogP contribution < -0.4 is 5.73 Å². The normalized spacial score (nSPS) is 24.9. The number of aliphatic hydroxyl groups excluding tert-OH is 1. The smallest absolute Gasteiger partial charge is 0.0916 e. The summed E-state index contributed by atoms with van der Waals surface area (Å²) in [5.41, 5.74) is 7.69. The molecule has 3 nitrogen and oxygen atoms in total. The summed E-state index contributed by atoms with van der Waals surface area (Å²) in [6.45, 7) is 3.59. The Balaban J connectivity index is 1.90. The number of benzene rings is 1. The van der Waals surface area contributed by atoms with Gasteiger partial charge in [-0.2, -0.15) is 0 Å². The number of rotatable bonds is 5. The van der Waals surface area contributed by atoms with Gasteiger partial charge in [0.25, 0.3) is 0 Å². The molecule has 1 aliphatic carbocycles. The predicted octanol–water partition coefficient (Wildman–Crippen LogP) is 2.69. The van der Waals surface area contributed by atoms with Gasteiger partial charge in [-0.05, 0) is 36.9 Å². The maximum atomic E-state index is 10.4. The van der Waals surface area contributed by atoms with Crippen LogP contribution in [-0.4, -0.2) is 29.6 Å². The van der Waals surface area contributed by atoms with Crippen molar-refractivity contribution in [3.63, 3.8) is 0 Å². The van der Waals surface area contributed by atoms with Crippen molar-refractivity contribution in [2.75, 3.05) is 13.6 Å². The summed E-state index contributed by atoms with van der Waals surface area (Å²) in [4.78, 5) is 2.33. The second-order valence-electron chi connectivity index (χ2n) is 6.33. The lowest BCUT2D eigenvalue weighted by Gasteiger charge is -2.35. The summed E-state index contributed by atoms with van der Waals surface area (Å²) < 4.78 is 0. The zero-order valence-electron chi connectivity index (χ0n) is 12.8. The predicted molar refractivity (Wildman–Crippen MR) is 83.3 cm³/mol. The molecule has 0 bridgehead atoms. The molecule has 1 saturated carbocycles. The number of hydrogen-bond donors (Lipinski definition) is 2. The van der Waals surface area contributed by atoms with E-state index in [9.17, 15) is 5.11 Å². The fraction of sp³-hybridized carbons (Fsp3) is 0.647. The highest BCUT2D eigenvalue weighted by molar-refractivity contribution is 5.24. The molecule has 0 amide bonds. The number of aliphatic hydroxyl groups is 1. The Labute approximate surface area is 122 Å². The quantitative estimate of drug-likeness (QED) is 0.869. The Morgan fingerprint density at radius 3 is 2.60 bits per heavy atom. The largest absolute Gasteiger partial charge is 0.387 e. The van der Waals surface area contributed by atoms with E-state index in [1.807, 2.05) is 24.3 Å². The summed E-state index contributed by atoms with van der Waals surface area (Å²) in [5.74, 6) is 0.817. The molecule has 20 heavy (non-hydrogen) atoms. The molecule has 3 unspecified atom stereocenters. The van der Waals surface area contributed by atoms with Gasteiger partial charge < -0.3 is 15.7 Å². The molecule has 1 aromatic carbocycles. The molecule has 1 aliphatic rings. The van der Waals surface area contributed by atoms with Crippen LogP contribution in [0.4, 0.5) is 0 Å². The summed E-state index contributed by atoms with van der Waals surface area (Å²) >= 11 is 0. The van der Waals surface area contributed by atoms with Gasteiger partial charge in [-0.15, -0.1) is 0 Å². The Morgan fingerprint density at radius 2 is 2.00 bits per heavy atom. The first-order valence-electron chi connectivity index (χ1n) is 7.77. The summed E-state index contributed by atoms with van der Waals surface area (Å²) in [5, 5.41) is 10.4.